The molecule has 11 nitrogen and oxygen atoms in total. The van der Waals surface area contributed by atoms with Gasteiger partial charge in [0.1, 0.15) is 23.4 Å². The summed E-state index contributed by atoms with van der Waals surface area (Å²) in [6.07, 6.45) is 6.46. The van der Waals surface area contributed by atoms with Gasteiger partial charge < -0.3 is 35.0 Å². The number of aromatic nitrogens is 2. The normalized spacial score (nSPS) is 11.0. The van der Waals surface area contributed by atoms with Crippen LogP contribution in [-0.4, -0.2) is 42.5 Å². The molecule has 0 saturated carbocycles. The topological polar surface area (TPSA) is 151 Å². The number of nitrogen functional groups attached to an aromatic ring is 1. The number of unbranched alkanes of at least 4 members (excludes halogenated alkanes) is 4. The zero-order valence-electron chi connectivity index (χ0n) is 25.6. The first kappa shape index (κ1) is 31.1. The standard InChI is InChI=1S/C34H37N5O6/c1-21-32(33(41)36-2)23-15-14-22(17-28(23)44-21)45-34-24-18-30(29(42-3)19-27(24)37-20-38-34)43-16-10-6-4-5-7-13-31(40)39-26-12-9-8-11-25(26)35/h8-9,11-12,14-15,17-20H,4-7,10,13,16,35H2,1-3H3,(H,36,41)(H,39,40). The molecule has 0 aliphatic carbocycles. The van der Waals surface area contributed by atoms with Crippen LogP contribution in [0, 0.1) is 6.92 Å². The monoisotopic (exact) mass is 611 g/mol. The Hall–Kier alpha value is -5.32. The van der Waals surface area contributed by atoms with Crippen molar-refractivity contribution in [2.75, 3.05) is 31.8 Å². The van der Waals surface area contributed by atoms with Crippen LogP contribution in [0.5, 0.6) is 23.1 Å². The molecule has 0 spiro atoms. The van der Waals surface area contributed by atoms with Gasteiger partial charge in [-0.2, -0.15) is 0 Å². The molecule has 0 aliphatic rings. The van der Waals surface area contributed by atoms with Crippen molar-refractivity contribution in [2.45, 2.75) is 45.4 Å². The van der Waals surface area contributed by atoms with E-state index in [1.165, 1.54) is 6.33 Å². The number of hydrogen-bond acceptors (Lipinski definition) is 9. The van der Waals surface area contributed by atoms with E-state index in [0.717, 1.165) is 32.1 Å². The summed E-state index contributed by atoms with van der Waals surface area (Å²) < 4.78 is 23.7. The van der Waals surface area contributed by atoms with Crippen LogP contribution in [0.15, 0.2) is 65.3 Å². The highest BCUT2D eigenvalue weighted by atomic mass is 16.5. The Labute approximate surface area is 261 Å². The third kappa shape index (κ3) is 7.43. The van der Waals surface area contributed by atoms with Gasteiger partial charge in [-0.1, -0.05) is 31.4 Å². The minimum Gasteiger partial charge on any atom is -0.493 e. The molecule has 2 heterocycles. The summed E-state index contributed by atoms with van der Waals surface area (Å²) in [5.41, 5.74) is 8.77. The average molecular weight is 612 g/mol. The number of nitrogens with two attached hydrogens (primary N) is 1. The number of nitrogens with zero attached hydrogens (tertiary/aromatic N) is 2. The van der Waals surface area contributed by atoms with Crippen LogP contribution in [0.2, 0.25) is 0 Å². The number of hydrogen-bond donors (Lipinski definition) is 3. The molecule has 3 aromatic carbocycles. The van der Waals surface area contributed by atoms with Crippen molar-refractivity contribution in [2.24, 2.45) is 0 Å². The molecule has 0 aliphatic heterocycles. The van der Waals surface area contributed by atoms with E-state index in [2.05, 4.69) is 20.6 Å². The number of methoxy groups -OCH3 is 1. The number of anilines is 2. The number of rotatable bonds is 14. The number of nitrogens with one attached hydrogen (secondary N) is 2. The number of benzene rings is 3. The fraction of sp³-hybridized carbons (Fsp3) is 0.294. The molecule has 5 rings (SSSR count). The first-order valence-corrected chi connectivity index (χ1v) is 14.9. The lowest BCUT2D eigenvalue weighted by Crippen LogP contribution is -2.18. The third-order valence-electron chi connectivity index (χ3n) is 7.43. The van der Waals surface area contributed by atoms with Crippen molar-refractivity contribution in [1.82, 2.24) is 15.3 Å². The highest BCUT2D eigenvalue weighted by Gasteiger charge is 2.19. The van der Waals surface area contributed by atoms with E-state index in [1.54, 1.807) is 57.5 Å². The van der Waals surface area contributed by atoms with Gasteiger partial charge in [-0.15, -0.1) is 0 Å². The average Bonchev–Trinajstić information content (AvgIpc) is 3.37. The maximum atomic E-state index is 12.3. The number of ether oxygens (including phenoxy) is 3. The minimum absolute atomic E-state index is 0.0290. The van der Waals surface area contributed by atoms with E-state index >= 15 is 0 Å². The van der Waals surface area contributed by atoms with Crippen molar-refractivity contribution < 1.29 is 28.2 Å². The number of para-hydroxylation sites is 2. The summed E-state index contributed by atoms with van der Waals surface area (Å²) in [6.45, 7) is 2.25. The predicted molar refractivity (Wildman–Crippen MR) is 173 cm³/mol. The zero-order valence-corrected chi connectivity index (χ0v) is 25.6. The summed E-state index contributed by atoms with van der Waals surface area (Å²) in [6, 6.07) is 16.2. The number of aryl methyl sites for hydroxylation is 1. The Balaban J connectivity index is 1.16. The van der Waals surface area contributed by atoms with Gasteiger partial charge in [-0.05, 0) is 50.1 Å². The van der Waals surface area contributed by atoms with Gasteiger partial charge in [0, 0.05) is 31.0 Å². The quantitative estimate of drug-likeness (QED) is 0.0911. The number of furan rings is 1. The number of fused-ring (bicyclic) bond motifs is 2. The first-order valence-electron chi connectivity index (χ1n) is 14.9. The van der Waals surface area contributed by atoms with Gasteiger partial charge in [0.05, 0.1) is 41.6 Å². The highest BCUT2D eigenvalue weighted by molar-refractivity contribution is 6.07. The molecule has 0 unspecified atom stereocenters. The van der Waals surface area contributed by atoms with Gasteiger partial charge in [0.25, 0.3) is 5.91 Å². The molecule has 2 amide bonds. The number of carbonyl (C=O) groups excluding carboxylic acids is 2. The maximum absolute atomic E-state index is 12.3. The molecule has 0 atom stereocenters. The Morgan fingerprint density at radius 3 is 2.53 bits per heavy atom. The largest absolute Gasteiger partial charge is 0.493 e. The highest BCUT2D eigenvalue weighted by Crippen LogP contribution is 2.37. The fourth-order valence-electron chi connectivity index (χ4n) is 5.10. The van der Waals surface area contributed by atoms with Crippen molar-refractivity contribution in [1.29, 1.82) is 0 Å². The second kappa shape index (κ2) is 14.4. The Bertz CT molecular complexity index is 1820. The summed E-state index contributed by atoms with van der Waals surface area (Å²) in [5.74, 6) is 2.26. The van der Waals surface area contributed by atoms with Gasteiger partial charge in [-0.25, -0.2) is 9.97 Å². The predicted octanol–water partition coefficient (Wildman–Crippen LogP) is 6.79. The summed E-state index contributed by atoms with van der Waals surface area (Å²) >= 11 is 0. The molecule has 45 heavy (non-hydrogen) atoms. The first-order chi connectivity index (χ1) is 21.9. The van der Waals surface area contributed by atoms with Gasteiger partial charge in [0.2, 0.25) is 11.8 Å². The van der Waals surface area contributed by atoms with Crippen molar-refractivity contribution in [3.63, 3.8) is 0 Å². The van der Waals surface area contributed by atoms with E-state index in [9.17, 15) is 9.59 Å². The maximum Gasteiger partial charge on any atom is 0.255 e. The molecule has 2 aromatic heterocycles. The smallest absolute Gasteiger partial charge is 0.255 e. The third-order valence-corrected chi connectivity index (χ3v) is 7.43. The molecule has 11 heteroatoms. The fourth-order valence-corrected chi connectivity index (χ4v) is 5.10. The molecule has 0 saturated heterocycles. The number of carbonyl (C=O) groups is 2. The van der Waals surface area contributed by atoms with E-state index in [1.807, 2.05) is 18.2 Å². The molecule has 234 valence electrons. The van der Waals surface area contributed by atoms with Crippen LogP contribution in [0.25, 0.3) is 21.9 Å². The minimum atomic E-state index is -0.210. The van der Waals surface area contributed by atoms with E-state index < -0.39 is 0 Å². The summed E-state index contributed by atoms with van der Waals surface area (Å²) in [4.78, 5) is 33.2. The second-order valence-electron chi connectivity index (χ2n) is 10.6. The number of amides is 2. The van der Waals surface area contributed by atoms with Crippen LogP contribution < -0.4 is 30.6 Å². The Morgan fingerprint density at radius 1 is 0.933 bits per heavy atom. The lowest BCUT2D eigenvalue weighted by molar-refractivity contribution is -0.116. The van der Waals surface area contributed by atoms with Gasteiger partial charge in [0.15, 0.2) is 11.5 Å². The molecule has 0 radical (unpaired) electrons. The molecule has 0 bridgehead atoms. The Kier molecular flexibility index (Phi) is 9.98. The SMILES string of the molecule is CNC(=O)c1c(C)oc2cc(Oc3ncnc4cc(OC)c(OCCCCCCCC(=O)Nc5ccccc5N)cc34)ccc12. The van der Waals surface area contributed by atoms with E-state index in [0.29, 0.717) is 80.7 Å². The van der Waals surface area contributed by atoms with Crippen LogP contribution >= 0.6 is 0 Å². The molecule has 5 aromatic rings. The lowest BCUT2D eigenvalue weighted by atomic mass is 10.1. The van der Waals surface area contributed by atoms with Crippen LogP contribution in [-0.2, 0) is 4.79 Å². The molecular formula is C34H37N5O6. The zero-order chi connectivity index (χ0) is 31.8. The Morgan fingerprint density at radius 2 is 1.73 bits per heavy atom. The summed E-state index contributed by atoms with van der Waals surface area (Å²) in [5, 5.41) is 6.87. The van der Waals surface area contributed by atoms with Gasteiger partial charge >= 0.3 is 0 Å². The molecular weight excluding hydrogens is 574 g/mol. The molecule has 4 N–H and O–H groups in total. The lowest BCUT2D eigenvalue weighted by Gasteiger charge is -2.13. The second-order valence-corrected chi connectivity index (χ2v) is 10.6. The van der Waals surface area contributed by atoms with Crippen molar-refractivity contribution in [3.8, 4) is 23.1 Å². The van der Waals surface area contributed by atoms with Crippen LogP contribution in [0.3, 0.4) is 0 Å². The van der Waals surface area contributed by atoms with Crippen molar-refractivity contribution >= 4 is 45.1 Å². The van der Waals surface area contributed by atoms with E-state index in [4.69, 9.17) is 24.4 Å². The van der Waals surface area contributed by atoms with Gasteiger partial charge in [-0.3, -0.25) is 9.59 Å². The summed E-state index contributed by atoms with van der Waals surface area (Å²) in [7, 11) is 3.17. The van der Waals surface area contributed by atoms with Crippen molar-refractivity contribution in [3.05, 3.63) is 72.2 Å². The molecule has 0 fully saturated rings. The van der Waals surface area contributed by atoms with E-state index in [-0.39, 0.29) is 11.8 Å². The van der Waals surface area contributed by atoms with Crippen LogP contribution in [0.4, 0.5) is 11.4 Å². The van der Waals surface area contributed by atoms with Crippen LogP contribution in [0.1, 0.15) is 54.6 Å².